The van der Waals surface area contributed by atoms with Crippen LogP contribution in [0.4, 0.5) is 0 Å². The highest BCUT2D eigenvalue weighted by Crippen LogP contribution is 2.19. The largest absolute Gasteiger partial charge is 0.465 e. The zero-order valence-corrected chi connectivity index (χ0v) is 14.0. The summed E-state index contributed by atoms with van der Waals surface area (Å²) in [6, 6.07) is 2.85. The number of nitrogens with one attached hydrogen (secondary N) is 1. The van der Waals surface area contributed by atoms with Gasteiger partial charge in [0.2, 0.25) is 0 Å². The predicted octanol–water partition coefficient (Wildman–Crippen LogP) is 4.10. The first kappa shape index (κ1) is 17.3. The Hall–Kier alpha value is -0.800. The molecule has 0 amide bonds. The highest BCUT2D eigenvalue weighted by atomic mass is 16.3. The first-order chi connectivity index (χ1) is 9.62. The summed E-state index contributed by atoms with van der Waals surface area (Å²) in [6.07, 6.45) is 3.72. The van der Waals surface area contributed by atoms with Gasteiger partial charge in [-0.05, 0) is 45.8 Å². The molecule has 0 aliphatic carbocycles. The Morgan fingerprint density at radius 1 is 1.30 bits per heavy atom. The van der Waals surface area contributed by atoms with Gasteiger partial charge in [-0.1, -0.05) is 27.2 Å². The molecular formula is C17H32N2O. The van der Waals surface area contributed by atoms with Gasteiger partial charge in [0.1, 0.15) is 11.5 Å². The van der Waals surface area contributed by atoms with Gasteiger partial charge < -0.3 is 9.73 Å². The molecular weight excluding hydrogens is 248 g/mol. The normalized spacial score (nSPS) is 13.1. The van der Waals surface area contributed by atoms with Gasteiger partial charge in [-0.15, -0.1) is 0 Å². The fraction of sp³-hybridized carbons (Fsp3) is 0.765. The van der Waals surface area contributed by atoms with E-state index in [1.807, 2.05) is 0 Å². The molecule has 0 aliphatic rings. The fourth-order valence-corrected chi connectivity index (χ4v) is 2.37. The molecule has 0 radical (unpaired) electrons. The van der Waals surface area contributed by atoms with E-state index in [1.165, 1.54) is 31.4 Å². The molecule has 1 atom stereocenters. The number of furan rings is 1. The Labute approximate surface area is 124 Å². The summed E-state index contributed by atoms with van der Waals surface area (Å²) in [5.74, 6) is 2.13. The highest BCUT2D eigenvalue weighted by molar-refractivity contribution is 5.20. The quantitative estimate of drug-likeness (QED) is 0.699. The summed E-state index contributed by atoms with van der Waals surface area (Å²) < 4.78 is 5.85. The smallest absolute Gasteiger partial charge is 0.118 e. The second-order valence-electron chi connectivity index (χ2n) is 5.66. The minimum atomic E-state index is 0.632. The fourth-order valence-electron chi connectivity index (χ4n) is 2.37. The van der Waals surface area contributed by atoms with Crippen LogP contribution in [0.15, 0.2) is 10.5 Å². The molecule has 116 valence electrons. The lowest BCUT2D eigenvalue weighted by molar-refractivity contribution is 0.191. The van der Waals surface area contributed by atoms with Crippen LogP contribution < -0.4 is 5.32 Å². The molecule has 3 nitrogen and oxygen atoms in total. The van der Waals surface area contributed by atoms with Gasteiger partial charge in [-0.2, -0.15) is 0 Å². The SMILES string of the molecule is CCCCN(Cc1cc(CNCC)oc1C)C(C)CC. The zero-order chi connectivity index (χ0) is 15.0. The first-order valence-corrected chi connectivity index (χ1v) is 8.15. The molecule has 0 saturated carbocycles. The van der Waals surface area contributed by atoms with Crippen molar-refractivity contribution in [2.24, 2.45) is 0 Å². The molecule has 1 N–H and O–H groups in total. The summed E-state index contributed by atoms with van der Waals surface area (Å²) in [6.45, 7) is 15.0. The Kier molecular flexibility index (Phi) is 7.93. The van der Waals surface area contributed by atoms with Crippen LogP contribution in [0.1, 0.15) is 64.0 Å². The minimum Gasteiger partial charge on any atom is -0.465 e. The number of hydrogen-bond donors (Lipinski definition) is 1. The molecule has 3 heteroatoms. The number of rotatable bonds is 10. The summed E-state index contributed by atoms with van der Waals surface area (Å²) in [4.78, 5) is 2.58. The standard InChI is InChI=1S/C17H32N2O/c1-6-9-10-19(14(4)7-2)13-16-11-17(12-18-8-3)20-15(16)5/h11,14,18H,6-10,12-13H2,1-5H3. The summed E-state index contributed by atoms with van der Waals surface area (Å²) in [5.41, 5.74) is 1.34. The molecule has 1 aromatic heterocycles. The van der Waals surface area contributed by atoms with E-state index in [4.69, 9.17) is 4.42 Å². The van der Waals surface area contributed by atoms with Gasteiger partial charge >= 0.3 is 0 Å². The van der Waals surface area contributed by atoms with Crippen molar-refractivity contribution in [3.63, 3.8) is 0 Å². The number of nitrogens with zero attached hydrogens (tertiary/aromatic N) is 1. The third-order valence-corrected chi connectivity index (χ3v) is 4.01. The van der Waals surface area contributed by atoms with Crippen molar-refractivity contribution < 1.29 is 4.42 Å². The molecule has 0 bridgehead atoms. The molecule has 0 fully saturated rings. The average Bonchev–Trinajstić information content (AvgIpc) is 2.80. The van der Waals surface area contributed by atoms with Crippen LogP contribution in [-0.4, -0.2) is 24.0 Å². The molecule has 20 heavy (non-hydrogen) atoms. The minimum absolute atomic E-state index is 0.632. The number of hydrogen-bond acceptors (Lipinski definition) is 3. The topological polar surface area (TPSA) is 28.4 Å². The van der Waals surface area contributed by atoms with Gasteiger partial charge in [-0.3, -0.25) is 4.90 Å². The molecule has 1 aromatic rings. The second-order valence-corrected chi connectivity index (χ2v) is 5.66. The Morgan fingerprint density at radius 3 is 2.65 bits per heavy atom. The van der Waals surface area contributed by atoms with Crippen molar-refractivity contribution >= 4 is 0 Å². The molecule has 0 saturated heterocycles. The van der Waals surface area contributed by atoms with Gasteiger partial charge in [-0.25, -0.2) is 0 Å². The summed E-state index contributed by atoms with van der Waals surface area (Å²) in [7, 11) is 0. The average molecular weight is 280 g/mol. The number of unbranched alkanes of at least 4 members (excludes halogenated alkanes) is 1. The van der Waals surface area contributed by atoms with Gasteiger partial charge in [0.05, 0.1) is 6.54 Å². The van der Waals surface area contributed by atoms with Crippen LogP contribution in [-0.2, 0) is 13.1 Å². The van der Waals surface area contributed by atoms with E-state index < -0.39 is 0 Å². The highest BCUT2D eigenvalue weighted by Gasteiger charge is 2.15. The van der Waals surface area contributed by atoms with E-state index in [2.05, 4.69) is 50.9 Å². The Balaban J connectivity index is 2.69. The van der Waals surface area contributed by atoms with Crippen molar-refractivity contribution in [2.75, 3.05) is 13.1 Å². The van der Waals surface area contributed by atoms with E-state index in [1.54, 1.807) is 0 Å². The third-order valence-electron chi connectivity index (χ3n) is 4.01. The Morgan fingerprint density at radius 2 is 2.05 bits per heavy atom. The van der Waals surface area contributed by atoms with Gasteiger partial charge in [0.25, 0.3) is 0 Å². The maximum atomic E-state index is 5.85. The maximum absolute atomic E-state index is 5.85. The lowest BCUT2D eigenvalue weighted by Crippen LogP contribution is -2.33. The van der Waals surface area contributed by atoms with Crippen molar-refractivity contribution in [3.05, 3.63) is 23.2 Å². The lowest BCUT2D eigenvalue weighted by Gasteiger charge is -2.28. The van der Waals surface area contributed by atoms with Crippen LogP contribution in [0.25, 0.3) is 0 Å². The van der Waals surface area contributed by atoms with Crippen molar-refractivity contribution in [1.29, 1.82) is 0 Å². The molecule has 0 aromatic carbocycles. The lowest BCUT2D eigenvalue weighted by atomic mass is 10.1. The maximum Gasteiger partial charge on any atom is 0.118 e. The van der Waals surface area contributed by atoms with Gasteiger partial charge in [0, 0.05) is 18.2 Å². The molecule has 1 unspecified atom stereocenters. The van der Waals surface area contributed by atoms with E-state index in [0.29, 0.717) is 6.04 Å². The van der Waals surface area contributed by atoms with Crippen LogP contribution in [0.3, 0.4) is 0 Å². The van der Waals surface area contributed by atoms with E-state index in [-0.39, 0.29) is 0 Å². The summed E-state index contributed by atoms with van der Waals surface area (Å²) in [5, 5.41) is 3.32. The van der Waals surface area contributed by atoms with Crippen molar-refractivity contribution in [3.8, 4) is 0 Å². The van der Waals surface area contributed by atoms with Crippen LogP contribution in [0, 0.1) is 6.92 Å². The summed E-state index contributed by atoms with van der Waals surface area (Å²) >= 11 is 0. The van der Waals surface area contributed by atoms with E-state index in [0.717, 1.165) is 31.2 Å². The van der Waals surface area contributed by atoms with Crippen molar-refractivity contribution in [2.45, 2.75) is 73.0 Å². The third kappa shape index (κ3) is 5.29. The van der Waals surface area contributed by atoms with Crippen LogP contribution in [0.2, 0.25) is 0 Å². The molecule has 1 rings (SSSR count). The predicted molar refractivity (Wildman–Crippen MR) is 85.9 cm³/mol. The second kappa shape index (κ2) is 9.19. The zero-order valence-electron chi connectivity index (χ0n) is 14.0. The van der Waals surface area contributed by atoms with Crippen LogP contribution in [0.5, 0.6) is 0 Å². The van der Waals surface area contributed by atoms with Crippen molar-refractivity contribution in [1.82, 2.24) is 10.2 Å². The Bertz CT molecular complexity index is 373. The molecule has 0 spiro atoms. The monoisotopic (exact) mass is 280 g/mol. The van der Waals surface area contributed by atoms with Crippen LogP contribution >= 0.6 is 0 Å². The molecule has 0 aliphatic heterocycles. The van der Waals surface area contributed by atoms with Gasteiger partial charge in [0.15, 0.2) is 0 Å². The number of aryl methyl sites for hydroxylation is 1. The van der Waals surface area contributed by atoms with E-state index >= 15 is 0 Å². The first-order valence-electron chi connectivity index (χ1n) is 8.15. The van der Waals surface area contributed by atoms with E-state index in [9.17, 15) is 0 Å². The molecule has 1 heterocycles.